The zero-order valence-corrected chi connectivity index (χ0v) is 13.3. The van der Waals surface area contributed by atoms with Crippen molar-refractivity contribution in [3.8, 4) is 0 Å². The van der Waals surface area contributed by atoms with Gasteiger partial charge < -0.3 is 9.73 Å². The summed E-state index contributed by atoms with van der Waals surface area (Å²) in [5.74, 6) is 0.569. The Labute approximate surface area is 134 Å². The van der Waals surface area contributed by atoms with Crippen molar-refractivity contribution in [1.29, 1.82) is 0 Å². The zero-order valence-electron chi connectivity index (χ0n) is 13.3. The molecule has 2 heterocycles. The maximum Gasteiger partial charge on any atom is 0.349 e. The van der Waals surface area contributed by atoms with Gasteiger partial charge in [0.2, 0.25) is 0 Å². The molecule has 1 saturated carbocycles. The Hall–Kier alpha value is -2.50. The lowest BCUT2D eigenvalue weighted by molar-refractivity contribution is 0.0945. The molecule has 1 amide bonds. The third kappa shape index (κ3) is 3.31. The minimum atomic E-state index is -0.570. The molecular formula is C17H19N3O3. The summed E-state index contributed by atoms with van der Waals surface area (Å²) in [6, 6.07) is 1.81. The average Bonchev–Trinajstić information content (AvgIpc) is 2.44. The Morgan fingerprint density at radius 1 is 1.30 bits per heavy atom. The smallest absolute Gasteiger partial charge is 0.349 e. The number of hydrogen-bond acceptors (Lipinski definition) is 5. The summed E-state index contributed by atoms with van der Waals surface area (Å²) in [7, 11) is 0. The fraction of sp³-hybridized carbons (Fsp3) is 0.412. The molecule has 0 atom stereocenters. The highest BCUT2D eigenvalue weighted by Gasteiger charge is 2.25. The lowest BCUT2D eigenvalue weighted by atomic mass is 9.83. The Bertz CT molecular complexity index is 777. The van der Waals surface area contributed by atoms with Crippen molar-refractivity contribution in [2.45, 2.75) is 45.6 Å². The van der Waals surface area contributed by atoms with Crippen LogP contribution in [0.5, 0.6) is 0 Å². The maximum atomic E-state index is 12.3. The van der Waals surface area contributed by atoms with Gasteiger partial charge in [0.25, 0.3) is 5.91 Å². The predicted molar refractivity (Wildman–Crippen MR) is 84.2 cm³/mol. The molecule has 0 radical (unpaired) electrons. The van der Waals surface area contributed by atoms with Crippen LogP contribution in [0.3, 0.4) is 0 Å². The van der Waals surface area contributed by atoms with Crippen LogP contribution in [0, 0.1) is 13.8 Å². The normalized spacial score (nSPS) is 14.3. The number of aromatic nitrogens is 2. The molecule has 120 valence electrons. The Morgan fingerprint density at radius 2 is 2.09 bits per heavy atom. The number of rotatable bonds is 4. The van der Waals surface area contributed by atoms with Gasteiger partial charge in [-0.3, -0.25) is 14.8 Å². The summed E-state index contributed by atoms with van der Waals surface area (Å²) >= 11 is 0. The monoisotopic (exact) mass is 313 g/mol. The summed E-state index contributed by atoms with van der Waals surface area (Å²) in [6.07, 6.45) is 6.48. The van der Waals surface area contributed by atoms with Crippen molar-refractivity contribution in [2.75, 3.05) is 0 Å². The summed E-state index contributed by atoms with van der Waals surface area (Å²) < 4.78 is 5.34. The standard InChI is InChI=1S/C17H19N3O3/c1-10-6-14(12-4-3-5-12)23-17(22)15(10)16(21)20-9-13-8-18-11(2)7-19-13/h6-8,12H,3-5,9H2,1-2H3,(H,20,21). The van der Waals surface area contributed by atoms with Crippen molar-refractivity contribution in [2.24, 2.45) is 0 Å². The van der Waals surface area contributed by atoms with Crippen LogP contribution in [0.2, 0.25) is 0 Å². The second-order valence-corrected chi connectivity index (χ2v) is 5.95. The zero-order chi connectivity index (χ0) is 16.4. The van der Waals surface area contributed by atoms with Crippen LogP contribution in [0.4, 0.5) is 0 Å². The first-order valence-electron chi connectivity index (χ1n) is 7.75. The van der Waals surface area contributed by atoms with Crippen molar-refractivity contribution in [1.82, 2.24) is 15.3 Å². The molecule has 2 aromatic rings. The quantitative estimate of drug-likeness (QED) is 0.935. The molecule has 1 N–H and O–H groups in total. The largest absolute Gasteiger partial charge is 0.427 e. The van der Waals surface area contributed by atoms with Crippen molar-refractivity contribution >= 4 is 5.91 Å². The van der Waals surface area contributed by atoms with Crippen LogP contribution in [-0.2, 0) is 6.54 Å². The Morgan fingerprint density at radius 3 is 2.65 bits per heavy atom. The number of nitrogens with one attached hydrogen (secondary N) is 1. The molecule has 0 bridgehead atoms. The van der Waals surface area contributed by atoms with Crippen LogP contribution < -0.4 is 10.9 Å². The molecule has 6 nitrogen and oxygen atoms in total. The second kappa shape index (κ2) is 6.32. The van der Waals surface area contributed by atoms with E-state index in [0.29, 0.717) is 22.9 Å². The summed E-state index contributed by atoms with van der Waals surface area (Å²) in [6.45, 7) is 3.82. The van der Waals surface area contributed by atoms with E-state index in [4.69, 9.17) is 4.42 Å². The first-order valence-corrected chi connectivity index (χ1v) is 7.75. The van der Waals surface area contributed by atoms with Gasteiger partial charge in [0.15, 0.2) is 0 Å². The van der Waals surface area contributed by atoms with Crippen molar-refractivity contribution < 1.29 is 9.21 Å². The first kappa shape index (κ1) is 15.4. The van der Waals surface area contributed by atoms with E-state index in [1.54, 1.807) is 19.3 Å². The van der Waals surface area contributed by atoms with Gasteiger partial charge in [0.05, 0.1) is 24.1 Å². The van der Waals surface area contributed by atoms with E-state index in [2.05, 4.69) is 15.3 Å². The van der Waals surface area contributed by atoms with Gasteiger partial charge in [-0.1, -0.05) is 6.42 Å². The Balaban J connectivity index is 1.74. The predicted octanol–water partition coefficient (Wildman–Crippen LogP) is 2.24. The number of nitrogens with zero attached hydrogens (tertiary/aromatic N) is 2. The SMILES string of the molecule is Cc1cnc(CNC(=O)c2c(C)cc(C3CCC3)oc2=O)cn1. The van der Waals surface area contributed by atoms with Gasteiger partial charge in [-0.2, -0.15) is 0 Å². The highest BCUT2D eigenvalue weighted by molar-refractivity contribution is 5.95. The minimum Gasteiger partial charge on any atom is -0.427 e. The molecule has 0 unspecified atom stereocenters. The highest BCUT2D eigenvalue weighted by Crippen LogP contribution is 2.36. The molecule has 1 aliphatic rings. The van der Waals surface area contributed by atoms with Crippen LogP contribution in [0.1, 0.15) is 58.2 Å². The van der Waals surface area contributed by atoms with E-state index in [0.717, 1.165) is 25.0 Å². The number of aryl methyl sites for hydroxylation is 2. The van der Waals surface area contributed by atoms with E-state index in [9.17, 15) is 9.59 Å². The van der Waals surface area contributed by atoms with E-state index >= 15 is 0 Å². The van der Waals surface area contributed by atoms with E-state index in [1.807, 2.05) is 13.0 Å². The van der Waals surface area contributed by atoms with Crippen molar-refractivity contribution in [3.63, 3.8) is 0 Å². The van der Waals surface area contributed by atoms with Gasteiger partial charge >= 0.3 is 5.63 Å². The van der Waals surface area contributed by atoms with Crippen LogP contribution in [0.15, 0.2) is 27.7 Å². The van der Waals surface area contributed by atoms with E-state index in [-0.39, 0.29) is 12.1 Å². The Kier molecular flexibility index (Phi) is 4.23. The van der Waals surface area contributed by atoms with Crippen LogP contribution in [-0.4, -0.2) is 15.9 Å². The van der Waals surface area contributed by atoms with E-state index in [1.165, 1.54) is 0 Å². The second-order valence-electron chi connectivity index (χ2n) is 5.95. The lowest BCUT2D eigenvalue weighted by Gasteiger charge is -2.24. The fourth-order valence-electron chi connectivity index (χ4n) is 2.57. The van der Waals surface area contributed by atoms with Crippen molar-refractivity contribution in [3.05, 3.63) is 57.2 Å². The first-order chi connectivity index (χ1) is 11.0. The molecule has 3 rings (SSSR count). The van der Waals surface area contributed by atoms with Gasteiger partial charge in [-0.15, -0.1) is 0 Å². The third-order valence-electron chi connectivity index (χ3n) is 4.17. The highest BCUT2D eigenvalue weighted by atomic mass is 16.4. The number of carbonyl (C=O) groups excluding carboxylic acids is 1. The summed E-state index contributed by atoms with van der Waals surface area (Å²) in [5, 5.41) is 2.69. The molecular weight excluding hydrogens is 294 g/mol. The molecule has 6 heteroatoms. The van der Waals surface area contributed by atoms with Crippen LogP contribution in [0.25, 0.3) is 0 Å². The van der Waals surface area contributed by atoms with Gasteiger partial charge in [-0.25, -0.2) is 4.79 Å². The van der Waals surface area contributed by atoms with Crippen LogP contribution >= 0.6 is 0 Å². The third-order valence-corrected chi connectivity index (χ3v) is 4.17. The molecule has 0 spiro atoms. The molecule has 0 aromatic carbocycles. The minimum absolute atomic E-state index is 0.0631. The fourth-order valence-corrected chi connectivity index (χ4v) is 2.57. The molecule has 0 saturated heterocycles. The topological polar surface area (TPSA) is 85.1 Å². The number of carbonyl (C=O) groups is 1. The van der Waals surface area contributed by atoms with Gasteiger partial charge in [0.1, 0.15) is 11.3 Å². The van der Waals surface area contributed by atoms with Gasteiger partial charge in [-0.05, 0) is 38.3 Å². The lowest BCUT2D eigenvalue weighted by Crippen LogP contribution is -2.30. The number of amides is 1. The molecule has 23 heavy (non-hydrogen) atoms. The summed E-state index contributed by atoms with van der Waals surface area (Å²) in [4.78, 5) is 32.7. The average molecular weight is 313 g/mol. The summed E-state index contributed by atoms with van der Waals surface area (Å²) in [5.41, 5.74) is 1.59. The number of hydrogen-bond donors (Lipinski definition) is 1. The molecule has 1 fully saturated rings. The maximum absolute atomic E-state index is 12.3. The van der Waals surface area contributed by atoms with E-state index < -0.39 is 11.5 Å². The molecule has 2 aromatic heterocycles. The van der Waals surface area contributed by atoms with Gasteiger partial charge in [0, 0.05) is 12.1 Å². The molecule has 0 aliphatic heterocycles. The molecule has 1 aliphatic carbocycles.